The van der Waals surface area contributed by atoms with Gasteiger partial charge in [-0.3, -0.25) is 9.69 Å². The molecule has 0 atom stereocenters. The molecule has 32 heavy (non-hydrogen) atoms. The van der Waals surface area contributed by atoms with Gasteiger partial charge in [-0.1, -0.05) is 72.8 Å². The second kappa shape index (κ2) is 11.4. The first-order valence-electron chi connectivity index (χ1n) is 11.6. The lowest BCUT2D eigenvalue weighted by Crippen LogP contribution is -2.35. The third-order valence-electron chi connectivity index (χ3n) is 6.03. The molecule has 2 heterocycles. The Labute approximate surface area is 190 Å². The average molecular weight is 429 g/mol. The van der Waals surface area contributed by atoms with E-state index in [1.165, 1.54) is 11.1 Å². The van der Waals surface area contributed by atoms with Crippen LogP contribution in [0.5, 0.6) is 0 Å². The normalized spacial score (nSPS) is 15.2. The molecule has 1 saturated heterocycles. The largest absolute Gasteiger partial charge is 0.311 e. The van der Waals surface area contributed by atoms with Gasteiger partial charge < -0.3 is 5.32 Å². The molecule has 1 N–H and O–H groups in total. The zero-order valence-electron chi connectivity index (χ0n) is 18.6. The summed E-state index contributed by atoms with van der Waals surface area (Å²) in [5, 5.41) is 7.59. The molecule has 1 aromatic heterocycles. The van der Waals surface area contributed by atoms with Crippen LogP contribution in [0, 0.1) is 0 Å². The molecule has 0 bridgehead atoms. The van der Waals surface area contributed by atoms with E-state index in [9.17, 15) is 4.79 Å². The molecule has 1 amide bonds. The van der Waals surface area contributed by atoms with Crippen molar-refractivity contribution in [2.24, 2.45) is 0 Å². The number of rotatable bonds is 9. The van der Waals surface area contributed by atoms with Crippen molar-refractivity contribution in [3.8, 4) is 0 Å². The van der Waals surface area contributed by atoms with Crippen molar-refractivity contribution in [2.75, 3.05) is 25.0 Å². The van der Waals surface area contributed by atoms with Crippen molar-refractivity contribution < 1.29 is 4.79 Å². The van der Waals surface area contributed by atoms with E-state index < -0.39 is 0 Å². The van der Waals surface area contributed by atoms with E-state index in [1.54, 1.807) is 6.20 Å². The van der Waals surface area contributed by atoms with Gasteiger partial charge in [0.25, 0.3) is 0 Å². The molecule has 0 spiro atoms. The monoisotopic (exact) mass is 428 g/mol. The summed E-state index contributed by atoms with van der Waals surface area (Å²) in [6.07, 6.45) is 10.6. The van der Waals surface area contributed by atoms with E-state index >= 15 is 0 Å². The highest BCUT2D eigenvalue weighted by Gasteiger charge is 2.22. The minimum absolute atomic E-state index is 0.0613. The molecule has 0 aliphatic carbocycles. The van der Waals surface area contributed by atoms with Crippen LogP contribution in [0.2, 0.25) is 0 Å². The van der Waals surface area contributed by atoms with Gasteiger partial charge in [-0.25, -0.2) is 4.68 Å². The number of amides is 1. The van der Waals surface area contributed by atoms with E-state index in [1.807, 2.05) is 35.0 Å². The van der Waals surface area contributed by atoms with Crippen LogP contribution < -0.4 is 5.32 Å². The van der Waals surface area contributed by atoms with Crippen LogP contribution in [0.1, 0.15) is 42.9 Å². The molecule has 5 nitrogen and oxygen atoms in total. The first-order valence-corrected chi connectivity index (χ1v) is 11.6. The van der Waals surface area contributed by atoms with E-state index in [0.29, 0.717) is 12.5 Å². The first-order chi connectivity index (χ1) is 15.8. The summed E-state index contributed by atoms with van der Waals surface area (Å²) in [7, 11) is 0. The van der Waals surface area contributed by atoms with Gasteiger partial charge in [0, 0.05) is 32.1 Å². The number of likely N-dealkylation sites (tertiary alicyclic amines) is 1. The van der Waals surface area contributed by atoms with Gasteiger partial charge in [-0.2, -0.15) is 5.10 Å². The lowest BCUT2D eigenvalue weighted by atomic mass is 10.1. The standard InChI is InChI=1S/C27H32N4O/c32-27(15-7-13-23-9-3-1-4-10-23)29-26-16-19-28-31(26)25-17-21-30(22-18-25)20-8-14-24-11-5-2-6-12-24/h1-6,8-12,14,16,19,25H,7,13,15,17-18,20-22H2,(H,29,32). The zero-order chi connectivity index (χ0) is 22.0. The fraction of sp³-hybridized carbons (Fsp3) is 0.333. The number of carbonyl (C=O) groups is 1. The first kappa shape index (κ1) is 22.0. The Bertz CT molecular complexity index is 989. The fourth-order valence-electron chi connectivity index (χ4n) is 4.26. The van der Waals surface area contributed by atoms with Gasteiger partial charge in [0.05, 0.1) is 12.2 Å². The molecule has 5 heteroatoms. The summed E-state index contributed by atoms with van der Waals surface area (Å²) in [4.78, 5) is 14.9. The smallest absolute Gasteiger partial charge is 0.225 e. The van der Waals surface area contributed by atoms with Crippen LogP contribution >= 0.6 is 0 Å². The molecular weight excluding hydrogens is 396 g/mol. The SMILES string of the molecule is O=C(CCCc1ccccc1)Nc1ccnn1C1CCN(CC=Cc2ccccc2)CC1. The molecule has 3 aromatic rings. The third-order valence-corrected chi connectivity index (χ3v) is 6.03. The number of nitrogens with zero attached hydrogens (tertiary/aromatic N) is 3. The number of piperidine rings is 1. The van der Waals surface area contributed by atoms with Crippen LogP contribution in [0.3, 0.4) is 0 Å². The molecule has 0 saturated carbocycles. The highest BCUT2D eigenvalue weighted by molar-refractivity contribution is 5.89. The van der Waals surface area contributed by atoms with E-state index in [-0.39, 0.29) is 5.91 Å². The number of benzene rings is 2. The molecule has 166 valence electrons. The second-order valence-corrected chi connectivity index (χ2v) is 8.39. The van der Waals surface area contributed by atoms with Gasteiger partial charge in [-0.15, -0.1) is 0 Å². The van der Waals surface area contributed by atoms with Crippen LogP contribution in [-0.4, -0.2) is 40.2 Å². The maximum absolute atomic E-state index is 12.5. The Hall–Kier alpha value is -3.18. The second-order valence-electron chi connectivity index (χ2n) is 8.39. The maximum Gasteiger partial charge on any atom is 0.225 e. The maximum atomic E-state index is 12.5. The molecule has 2 aromatic carbocycles. The van der Waals surface area contributed by atoms with Crippen molar-refractivity contribution in [1.29, 1.82) is 0 Å². The Morgan fingerprint density at radius 1 is 1.00 bits per heavy atom. The number of nitrogens with one attached hydrogen (secondary N) is 1. The molecular formula is C27H32N4O. The Morgan fingerprint density at radius 3 is 2.47 bits per heavy atom. The van der Waals surface area contributed by atoms with Gasteiger partial charge in [0.15, 0.2) is 0 Å². The molecule has 0 radical (unpaired) electrons. The molecule has 4 rings (SSSR count). The van der Waals surface area contributed by atoms with E-state index in [2.05, 4.69) is 63.9 Å². The van der Waals surface area contributed by atoms with Gasteiger partial charge in [-0.05, 0) is 36.8 Å². The van der Waals surface area contributed by atoms with Gasteiger partial charge in [0.1, 0.15) is 5.82 Å². The number of hydrogen-bond donors (Lipinski definition) is 1. The van der Waals surface area contributed by atoms with Crippen LogP contribution in [0.4, 0.5) is 5.82 Å². The van der Waals surface area contributed by atoms with Crippen molar-refractivity contribution in [3.05, 3.63) is 90.1 Å². The predicted octanol–water partition coefficient (Wildman–Crippen LogP) is 5.19. The van der Waals surface area contributed by atoms with Crippen molar-refractivity contribution in [3.63, 3.8) is 0 Å². The molecule has 0 unspecified atom stereocenters. The average Bonchev–Trinajstić information content (AvgIpc) is 3.29. The lowest BCUT2D eigenvalue weighted by Gasteiger charge is -2.32. The molecule has 1 fully saturated rings. The number of aromatic nitrogens is 2. The summed E-state index contributed by atoms with van der Waals surface area (Å²) in [5.74, 6) is 0.878. The Morgan fingerprint density at radius 2 is 1.72 bits per heavy atom. The number of hydrogen-bond acceptors (Lipinski definition) is 3. The lowest BCUT2D eigenvalue weighted by molar-refractivity contribution is -0.116. The Balaban J connectivity index is 1.21. The highest BCUT2D eigenvalue weighted by Crippen LogP contribution is 2.25. The van der Waals surface area contributed by atoms with Crippen LogP contribution in [-0.2, 0) is 11.2 Å². The number of carbonyl (C=O) groups excluding carboxylic acids is 1. The minimum Gasteiger partial charge on any atom is -0.311 e. The Kier molecular flexibility index (Phi) is 7.88. The van der Waals surface area contributed by atoms with Crippen molar-refractivity contribution in [2.45, 2.75) is 38.1 Å². The predicted molar refractivity (Wildman–Crippen MR) is 130 cm³/mol. The number of anilines is 1. The van der Waals surface area contributed by atoms with Crippen LogP contribution in [0.25, 0.3) is 6.08 Å². The summed E-state index contributed by atoms with van der Waals surface area (Å²) >= 11 is 0. The number of aryl methyl sites for hydroxylation is 1. The minimum atomic E-state index is 0.0613. The molecule has 1 aliphatic rings. The van der Waals surface area contributed by atoms with Gasteiger partial charge >= 0.3 is 0 Å². The van der Waals surface area contributed by atoms with Crippen LogP contribution in [0.15, 0.2) is 79.0 Å². The molecule has 1 aliphatic heterocycles. The van der Waals surface area contributed by atoms with Crippen molar-refractivity contribution >= 4 is 17.8 Å². The topological polar surface area (TPSA) is 50.2 Å². The quantitative estimate of drug-likeness (QED) is 0.510. The highest BCUT2D eigenvalue weighted by atomic mass is 16.1. The summed E-state index contributed by atoms with van der Waals surface area (Å²) in [5.41, 5.74) is 2.51. The summed E-state index contributed by atoms with van der Waals surface area (Å²) < 4.78 is 2.01. The summed E-state index contributed by atoms with van der Waals surface area (Å²) in [6.45, 7) is 3.04. The van der Waals surface area contributed by atoms with Gasteiger partial charge in [0.2, 0.25) is 5.91 Å². The van der Waals surface area contributed by atoms with E-state index in [4.69, 9.17) is 0 Å². The third kappa shape index (κ3) is 6.41. The fourth-order valence-corrected chi connectivity index (χ4v) is 4.26. The summed E-state index contributed by atoms with van der Waals surface area (Å²) in [6, 6.07) is 23.0. The van der Waals surface area contributed by atoms with E-state index in [0.717, 1.165) is 51.1 Å². The zero-order valence-corrected chi connectivity index (χ0v) is 18.6. The van der Waals surface area contributed by atoms with Crippen molar-refractivity contribution in [1.82, 2.24) is 14.7 Å².